The molecule has 0 aliphatic carbocycles. The molecular formula is C30H59NO12. The quantitative estimate of drug-likeness (QED) is 0.0829. The smallest absolute Gasteiger partial charge is 0.410 e. The monoisotopic (exact) mass is 625 g/mol. The normalized spacial score (nSPS) is 11.6. The highest BCUT2D eigenvalue weighted by Crippen LogP contribution is 2.08. The molecule has 0 aliphatic heterocycles. The zero-order valence-electron chi connectivity index (χ0n) is 27.4. The fourth-order valence-corrected chi connectivity index (χ4v) is 3.08. The standard InChI is InChI=1S/C30H59NO12/c1-6-7-8-9-28(32)42-27-26-41-25-24-40-23-22-39-21-20-38-19-18-37-17-16-36-15-14-35-13-12-34-11-10-31(5)29(33)43-30(2,3)4/h6-27H2,1-5H3. The number of unbranched alkanes of at least 4 members (excludes halogenated alkanes) is 2. The van der Waals surface area contributed by atoms with Crippen LogP contribution >= 0.6 is 0 Å². The largest absolute Gasteiger partial charge is 0.463 e. The van der Waals surface area contributed by atoms with Crippen molar-refractivity contribution in [2.45, 2.75) is 59.0 Å². The van der Waals surface area contributed by atoms with Crippen LogP contribution in [0.3, 0.4) is 0 Å². The molecule has 0 aliphatic rings. The summed E-state index contributed by atoms with van der Waals surface area (Å²) in [6.07, 6.45) is 3.12. The maximum absolute atomic E-state index is 11.8. The Balaban J connectivity index is 3.19. The minimum atomic E-state index is -0.510. The van der Waals surface area contributed by atoms with Crippen LogP contribution in [0.1, 0.15) is 53.4 Å². The molecule has 0 heterocycles. The molecule has 13 nitrogen and oxygen atoms in total. The van der Waals surface area contributed by atoms with Gasteiger partial charge in [0.2, 0.25) is 0 Å². The van der Waals surface area contributed by atoms with E-state index in [0.717, 1.165) is 19.3 Å². The lowest BCUT2D eigenvalue weighted by molar-refractivity contribution is -0.145. The summed E-state index contributed by atoms with van der Waals surface area (Å²) in [5.41, 5.74) is -0.510. The molecule has 1 amide bonds. The van der Waals surface area contributed by atoms with Crippen molar-refractivity contribution in [1.29, 1.82) is 0 Å². The number of hydrogen-bond donors (Lipinski definition) is 0. The van der Waals surface area contributed by atoms with Gasteiger partial charge in [0.05, 0.1) is 106 Å². The molecule has 0 bridgehead atoms. The van der Waals surface area contributed by atoms with Crippen LogP contribution in [0, 0.1) is 0 Å². The highest BCUT2D eigenvalue weighted by Gasteiger charge is 2.19. The highest BCUT2D eigenvalue weighted by atomic mass is 16.6. The third-order valence-electron chi connectivity index (χ3n) is 5.36. The molecule has 0 atom stereocenters. The Kier molecular flexibility index (Phi) is 29.3. The topological polar surface area (TPSA) is 130 Å². The molecule has 256 valence electrons. The summed E-state index contributed by atoms with van der Waals surface area (Å²) >= 11 is 0. The molecule has 0 aromatic heterocycles. The highest BCUT2D eigenvalue weighted by molar-refractivity contribution is 5.69. The van der Waals surface area contributed by atoms with E-state index in [1.165, 1.54) is 4.90 Å². The van der Waals surface area contributed by atoms with Crippen molar-refractivity contribution in [1.82, 2.24) is 4.90 Å². The lowest BCUT2D eigenvalue weighted by Crippen LogP contribution is -2.36. The van der Waals surface area contributed by atoms with Crippen molar-refractivity contribution < 1.29 is 57.0 Å². The predicted octanol–water partition coefficient (Wildman–Crippen LogP) is 3.11. The number of likely N-dealkylation sites (N-methyl/N-ethyl adjacent to an activating group) is 1. The van der Waals surface area contributed by atoms with Crippen LogP contribution in [-0.2, 0) is 52.2 Å². The van der Waals surface area contributed by atoms with E-state index in [2.05, 4.69) is 6.92 Å². The van der Waals surface area contributed by atoms with Gasteiger partial charge in [0.1, 0.15) is 12.2 Å². The summed E-state index contributed by atoms with van der Waals surface area (Å²) < 4.78 is 53.9. The molecule has 0 saturated carbocycles. The van der Waals surface area contributed by atoms with Crippen LogP contribution in [0.15, 0.2) is 0 Å². The number of ether oxygens (including phenoxy) is 10. The summed E-state index contributed by atoms with van der Waals surface area (Å²) in [4.78, 5) is 24.8. The molecule has 0 spiro atoms. The maximum atomic E-state index is 11.8. The van der Waals surface area contributed by atoms with Gasteiger partial charge in [-0.1, -0.05) is 19.8 Å². The van der Waals surface area contributed by atoms with Gasteiger partial charge in [-0.25, -0.2) is 4.79 Å². The summed E-state index contributed by atoms with van der Waals surface area (Å²) in [6, 6.07) is 0. The average molecular weight is 626 g/mol. The molecule has 0 radical (unpaired) electrons. The minimum Gasteiger partial charge on any atom is -0.463 e. The fraction of sp³-hybridized carbons (Fsp3) is 0.933. The van der Waals surface area contributed by atoms with Gasteiger partial charge in [-0.15, -0.1) is 0 Å². The van der Waals surface area contributed by atoms with E-state index in [1.807, 2.05) is 20.8 Å². The summed E-state index contributed by atoms with van der Waals surface area (Å²) in [5, 5.41) is 0. The second-order valence-electron chi connectivity index (χ2n) is 10.5. The van der Waals surface area contributed by atoms with Gasteiger partial charge in [-0.05, 0) is 27.2 Å². The number of esters is 1. The van der Waals surface area contributed by atoms with Gasteiger partial charge >= 0.3 is 12.1 Å². The number of hydrogen-bond acceptors (Lipinski definition) is 12. The molecule has 0 aromatic carbocycles. The van der Waals surface area contributed by atoms with Crippen LogP contribution in [0.5, 0.6) is 0 Å². The predicted molar refractivity (Wildman–Crippen MR) is 161 cm³/mol. The van der Waals surface area contributed by atoms with Crippen molar-refractivity contribution in [3.05, 3.63) is 0 Å². The van der Waals surface area contributed by atoms with Gasteiger partial charge in [-0.2, -0.15) is 0 Å². The van der Waals surface area contributed by atoms with Crippen LogP contribution in [-0.4, -0.2) is 148 Å². The van der Waals surface area contributed by atoms with Crippen LogP contribution < -0.4 is 0 Å². The Bertz CT molecular complexity index is 633. The van der Waals surface area contributed by atoms with E-state index in [-0.39, 0.29) is 18.7 Å². The number of carbonyl (C=O) groups excluding carboxylic acids is 2. The van der Waals surface area contributed by atoms with E-state index >= 15 is 0 Å². The first kappa shape index (κ1) is 41.4. The summed E-state index contributed by atoms with van der Waals surface area (Å²) in [6.45, 7) is 15.8. The van der Waals surface area contributed by atoms with Crippen molar-refractivity contribution >= 4 is 12.1 Å². The molecule has 43 heavy (non-hydrogen) atoms. The van der Waals surface area contributed by atoms with Crippen molar-refractivity contribution in [3.8, 4) is 0 Å². The zero-order chi connectivity index (χ0) is 31.9. The first-order valence-electron chi connectivity index (χ1n) is 15.5. The van der Waals surface area contributed by atoms with E-state index in [1.54, 1.807) is 7.05 Å². The van der Waals surface area contributed by atoms with E-state index in [4.69, 9.17) is 47.4 Å². The Morgan fingerprint density at radius 2 is 0.884 bits per heavy atom. The molecule has 0 unspecified atom stereocenters. The Hall–Kier alpha value is -1.58. The summed E-state index contributed by atoms with van der Waals surface area (Å²) in [5.74, 6) is -0.162. The van der Waals surface area contributed by atoms with Gasteiger partial charge in [0, 0.05) is 20.0 Å². The lowest BCUT2D eigenvalue weighted by atomic mass is 10.2. The second kappa shape index (κ2) is 30.4. The number of carbonyl (C=O) groups is 2. The van der Waals surface area contributed by atoms with Gasteiger partial charge in [0.25, 0.3) is 0 Å². The zero-order valence-corrected chi connectivity index (χ0v) is 27.4. The Labute approximate surface area is 259 Å². The van der Waals surface area contributed by atoms with Crippen LogP contribution in [0.4, 0.5) is 4.79 Å². The fourth-order valence-electron chi connectivity index (χ4n) is 3.08. The van der Waals surface area contributed by atoms with E-state index in [9.17, 15) is 9.59 Å². The molecule has 13 heteroatoms. The molecule has 0 fully saturated rings. The average Bonchev–Trinajstić information content (AvgIpc) is 2.95. The molecule has 0 N–H and O–H groups in total. The van der Waals surface area contributed by atoms with Crippen LogP contribution in [0.2, 0.25) is 0 Å². The summed E-state index contributed by atoms with van der Waals surface area (Å²) in [7, 11) is 1.68. The number of rotatable bonds is 31. The Morgan fingerprint density at radius 1 is 0.535 bits per heavy atom. The van der Waals surface area contributed by atoms with Gasteiger partial charge < -0.3 is 52.3 Å². The minimum absolute atomic E-state index is 0.162. The molecular weight excluding hydrogens is 566 g/mol. The van der Waals surface area contributed by atoms with E-state index < -0.39 is 5.60 Å². The number of nitrogens with zero attached hydrogens (tertiary/aromatic N) is 1. The van der Waals surface area contributed by atoms with Crippen molar-refractivity contribution in [3.63, 3.8) is 0 Å². The molecule has 0 aromatic rings. The third kappa shape index (κ3) is 33.2. The van der Waals surface area contributed by atoms with E-state index in [0.29, 0.717) is 119 Å². The third-order valence-corrected chi connectivity index (χ3v) is 5.36. The van der Waals surface area contributed by atoms with Crippen molar-refractivity contribution in [2.75, 3.05) is 126 Å². The first-order chi connectivity index (χ1) is 20.8. The Morgan fingerprint density at radius 3 is 1.23 bits per heavy atom. The molecule has 0 rings (SSSR count). The van der Waals surface area contributed by atoms with Crippen LogP contribution in [0.25, 0.3) is 0 Å². The lowest BCUT2D eigenvalue weighted by Gasteiger charge is -2.24. The molecule has 0 saturated heterocycles. The second-order valence-corrected chi connectivity index (χ2v) is 10.5. The van der Waals surface area contributed by atoms with Crippen molar-refractivity contribution in [2.24, 2.45) is 0 Å². The first-order valence-corrected chi connectivity index (χ1v) is 15.5. The maximum Gasteiger partial charge on any atom is 0.410 e. The number of amides is 1. The SMILES string of the molecule is CCCCCC(=O)OCCOCCOCCOCCOCCOCCOCCOCCOCCN(C)C(=O)OC(C)(C)C. The van der Waals surface area contributed by atoms with Gasteiger partial charge in [0.15, 0.2) is 0 Å². The van der Waals surface area contributed by atoms with Gasteiger partial charge in [-0.3, -0.25) is 4.79 Å².